The Labute approximate surface area is 190 Å². The van der Waals surface area contributed by atoms with Gasteiger partial charge < -0.3 is 19.5 Å². The highest BCUT2D eigenvalue weighted by molar-refractivity contribution is 7.12. The molecule has 2 aliphatic heterocycles. The zero-order valence-electron chi connectivity index (χ0n) is 17.7. The van der Waals surface area contributed by atoms with E-state index in [0.29, 0.717) is 41.4 Å². The van der Waals surface area contributed by atoms with Crippen molar-refractivity contribution in [2.75, 3.05) is 31.1 Å². The minimum Gasteiger partial charge on any atom is -0.487 e. The quantitative estimate of drug-likeness (QED) is 0.470. The molecule has 2 aromatic carbocycles. The third kappa shape index (κ3) is 3.01. The third-order valence-corrected chi connectivity index (χ3v) is 7.35. The van der Waals surface area contributed by atoms with Crippen molar-refractivity contribution in [3.8, 4) is 5.75 Å². The molecule has 0 amide bonds. The van der Waals surface area contributed by atoms with Gasteiger partial charge in [-0.25, -0.2) is 8.78 Å². The number of halogens is 2. The van der Waals surface area contributed by atoms with E-state index in [1.165, 1.54) is 18.2 Å². The smallest absolute Gasteiger partial charge is 0.271 e. The number of anilines is 1. The number of hydrogen-bond donors (Lipinski definition) is 2. The zero-order valence-corrected chi connectivity index (χ0v) is 18.5. The fraction of sp³-hybridized carbons (Fsp3) is 0.304. The summed E-state index contributed by atoms with van der Waals surface area (Å²) < 4.78 is 39.5. The van der Waals surface area contributed by atoms with Gasteiger partial charge >= 0.3 is 0 Å². The van der Waals surface area contributed by atoms with E-state index in [0.717, 1.165) is 17.1 Å². The third-order valence-electron chi connectivity index (χ3n) is 6.47. The Morgan fingerprint density at radius 2 is 1.97 bits per heavy atom. The molecule has 33 heavy (non-hydrogen) atoms. The van der Waals surface area contributed by atoms with E-state index < -0.39 is 16.8 Å². The van der Waals surface area contributed by atoms with E-state index in [4.69, 9.17) is 4.74 Å². The number of fused-ring (bicyclic) bond motifs is 2. The number of nitrogens with one attached hydrogen (secondary N) is 2. The van der Waals surface area contributed by atoms with Gasteiger partial charge in [0.25, 0.3) is 5.56 Å². The molecule has 7 nitrogen and oxygen atoms in total. The largest absolute Gasteiger partial charge is 0.487 e. The Kier molecular flexibility index (Phi) is 4.56. The molecule has 2 unspecified atom stereocenters. The molecule has 4 heterocycles. The fourth-order valence-corrected chi connectivity index (χ4v) is 5.87. The number of aromatic amines is 1. The molecule has 2 atom stereocenters. The molecular weight excluding hydrogens is 450 g/mol. The first-order chi connectivity index (χ1) is 15.9. The number of H-pyrrole nitrogens is 1. The van der Waals surface area contributed by atoms with Crippen LogP contribution in [0, 0.1) is 11.6 Å². The first-order valence-electron chi connectivity index (χ1n) is 10.7. The summed E-state index contributed by atoms with van der Waals surface area (Å²) in [4.78, 5) is 27.9. The Balaban J connectivity index is 1.55. The van der Waals surface area contributed by atoms with Crippen molar-refractivity contribution in [2.45, 2.75) is 19.0 Å². The maximum Gasteiger partial charge on any atom is 0.271 e. The van der Waals surface area contributed by atoms with Crippen molar-refractivity contribution in [1.82, 2.24) is 14.3 Å². The van der Waals surface area contributed by atoms with Crippen LogP contribution in [0.15, 0.2) is 39.9 Å². The van der Waals surface area contributed by atoms with Gasteiger partial charge in [0.2, 0.25) is 5.43 Å². The molecule has 0 aliphatic carbocycles. The summed E-state index contributed by atoms with van der Waals surface area (Å²) in [5.74, 6) is -0.556. The molecule has 2 aromatic heterocycles. The lowest BCUT2D eigenvalue weighted by Crippen LogP contribution is -2.46. The Morgan fingerprint density at radius 1 is 1.18 bits per heavy atom. The lowest BCUT2D eigenvalue weighted by atomic mass is 10.0. The van der Waals surface area contributed by atoms with E-state index in [9.17, 15) is 14.0 Å². The number of benzene rings is 2. The normalized spacial score (nSPS) is 20.4. The predicted molar refractivity (Wildman–Crippen MR) is 124 cm³/mol. The standard InChI is InChI=1S/C23H20F2N4O3S/c1-11-10-32-21-18-14(20(30)17-22(31)27-33-23(17)29(11)18)8-15(25)19(21)28-7-6-26-16(9-28)12-2-4-13(24)5-3-12/h2-5,8,11,16,26H,6-7,9-10H2,1H3,(H,27,31). The average molecular weight is 471 g/mol. The van der Waals surface area contributed by atoms with Crippen LogP contribution in [-0.4, -0.2) is 35.2 Å². The van der Waals surface area contributed by atoms with Crippen LogP contribution >= 0.6 is 11.5 Å². The highest BCUT2D eigenvalue weighted by Gasteiger charge is 2.33. The Hall–Kier alpha value is -3.24. The predicted octanol–water partition coefficient (Wildman–Crippen LogP) is 3.29. The van der Waals surface area contributed by atoms with Crippen LogP contribution in [0.5, 0.6) is 5.75 Å². The SMILES string of the molecule is CC1COc2c(N3CCNC(c4ccc(F)cc4)C3)c(F)cc3c(=O)c4c(=O)[nH]sc4n1c23. The van der Waals surface area contributed by atoms with Gasteiger partial charge in [0.05, 0.1) is 16.9 Å². The van der Waals surface area contributed by atoms with Crippen molar-refractivity contribution >= 4 is 38.3 Å². The summed E-state index contributed by atoms with van der Waals surface area (Å²) >= 11 is 1.11. The monoisotopic (exact) mass is 470 g/mol. The Bertz CT molecular complexity index is 1530. The number of nitrogens with zero attached hydrogens (tertiary/aromatic N) is 2. The fourth-order valence-electron chi connectivity index (χ4n) is 4.92. The molecule has 6 rings (SSSR count). The van der Waals surface area contributed by atoms with Gasteiger partial charge in [-0.1, -0.05) is 12.1 Å². The second-order valence-corrected chi connectivity index (χ2v) is 9.30. The second-order valence-electron chi connectivity index (χ2n) is 8.51. The van der Waals surface area contributed by atoms with Gasteiger partial charge in [-0.3, -0.25) is 14.0 Å². The van der Waals surface area contributed by atoms with Crippen LogP contribution in [0.1, 0.15) is 24.6 Å². The molecule has 0 bridgehead atoms. The molecule has 2 aliphatic rings. The summed E-state index contributed by atoms with van der Waals surface area (Å²) in [5.41, 5.74) is 0.765. The average Bonchev–Trinajstić information content (AvgIpc) is 3.20. The zero-order chi connectivity index (χ0) is 22.9. The van der Waals surface area contributed by atoms with Crippen LogP contribution in [0.2, 0.25) is 0 Å². The molecule has 4 aromatic rings. The van der Waals surface area contributed by atoms with E-state index in [1.54, 1.807) is 12.1 Å². The number of hydrogen-bond acceptors (Lipinski definition) is 6. The van der Waals surface area contributed by atoms with Crippen LogP contribution in [0.3, 0.4) is 0 Å². The molecule has 1 fully saturated rings. The maximum atomic E-state index is 15.6. The van der Waals surface area contributed by atoms with Crippen molar-refractivity contribution in [3.63, 3.8) is 0 Å². The Morgan fingerprint density at radius 3 is 2.76 bits per heavy atom. The second kappa shape index (κ2) is 7.39. The van der Waals surface area contributed by atoms with Crippen molar-refractivity contribution in [2.24, 2.45) is 0 Å². The molecule has 10 heteroatoms. The van der Waals surface area contributed by atoms with Crippen LogP contribution in [-0.2, 0) is 0 Å². The summed E-state index contributed by atoms with van der Waals surface area (Å²) in [6.07, 6.45) is 0. The van der Waals surface area contributed by atoms with Crippen molar-refractivity contribution in [1.29, 1.82) is 0 Å². The molecule has 0 spiro atoms. The van der Waals surface area contributed by atoms with E-state index in [2.05, 4.69) is 9.69 Å². The summed E-state index contributed by atoms with van der Waals surface area (Å²) in [6.45, 7) is 3.81. The summed E-state index contributed by atoms with van der Waals surface area (Å²) in [5, 5.41) is 3.59. The molecule has 0 radical (unpaired) electrons. The van der Waals surface area contributed by atoms with Crippen LogP contribution in [0.25, 0.3) is 21.1 Å². The number of aromatic nitrogens is 2. The molecule has 0 saturated carbocycles. The molecular formula is C23H20F2N4O3S. The highest BCUT2D eigenvalue weighted by Crippen LogP contribution is 2.43. The first kappa shape index (κ1) is 20.4. The minimum atomic E-state index is -0.568. The van der Waals surface area contributed by atoms with E-state index in [-0.39, 0.29) is 35.3 Å². The van der Waals surface area contributed by atoms with E-state index in [1.807, 2.05) is 16.4 Å². The summed E-state index contributed by atoms with van der Waals surface area (Å²) in [7, 11) is 0. The van der Waals surface area contributed by atoms with Crippen LogP contribution < -0.4 is 25.9 Å². The summed E-state index contributed by atoms with van der Waals surface area (Å²) in [6, 6.07) is 7.22. The van der Waals surface area contributed by atoms with Gasteiger partial charge in [-0.15, -0.1) is 0 Å². The van der Waals surface area contributed by atoms with Gasteiger partial charge in [0.15, 0.2) is 11.6 Å². The number of pyridine rings is 1. The number of ether oxygens (including phenoxy) is 1. The van der Waals surface area contributed by atoms with Crippen LogP contribution in [0.4, 0.5) is 14.5 Å². The lowest BCUT2D eigenvalue weighted by molar-refractivity contribution is 0.250. The highest BCUT2D eigenvalue weighted by atomic mass is 32.1. The first-order valence-corrected chi connectivity index (χ1v) is 11.5. The van der Waals surface area contributed by atoms with Gasteiger partial charge in [0, 0.05) is 25.7 Å². The molecule has 2 N–H and O–H groups in total. The lowest BCUT2D eigenvalue weighted by Gasteiger charge is -2.38. The van der Waals surface area contributed by atoms with E-state index >= 15 is 4.39 Å². The maximum absolute atomic E-state index is 15.6. The van der Waals surface area contributed by atoms with Gasteiger partial charge in [-0.05, 0) is 42.2 Å². The molecule has 1 saturated heterocycles. The number of rotatable bonds is 2. The molecule has 170 valence electrons. The van der Waals surface area contributed by atoms with Crippen molar-refractivity contribution < 1.29 is 13.5 Å². The van der Waals surface area contributed by atoms with Gasteiger partial charge in [-0.2, -0.15) is 0 Å². The van der Waals surface area contributed by atoms with Crippen molar-refractivity contribution in [3.05, 3.63) is 68.1 Å². The minimum absolute atomic E-state index is 0.0536. The van der Waals surface area contributed by atoms with Gasteiger partial charge in [0.1, 0.15) is 28.3 Å². The topological polar surface area (TPSA) is 79.4 Å². The number of piperazine rings is 1.